The van der Waals surface area contributed by atoms with Crippen molar-refractivity contribution in [1.29, 1.82) is 0 Å². The lowest BCUT2D eigenvalue weighted by Gasteiger charge is -2.34. The SMILES string of the molecule is CCCOC1CCCN(c2ccc(S(=O)(=O)N3CCCCC3)cc2[N+](=O)[O-])C1. The highest BCUT2D eigenvalue weighted by atomic mass is 32.2. The summed E-state index contributed by atoms with van der Waals surface area (Å²) in [4.78, 5) is 13.2. The fraction of sp³-hybridized carbons (Fsp3) is 0.684. The number of rotatable bonds is 7. The lowest BCUT2D eigenvalue weighted by Crippen LogP contribution is -2.40. The van der Waals surface area contributed by atoms with E-state index in [1.165, 1.54) is 16.4 Å². The van der Waals surface area contributed by atoms with Crippen LogP contribution in [0.4, 0.5) is 11.4 Å². The largest absolute Gasteiger partial charge is 0.376 e. The molecule has 0 aromatic heterocycles. The third-order valence-corrected chi connectivity index (χ3v) is 7.27. The third kappa shape index (κ3) is 4.64. The lowest BCUT2D eigenvalue weighted by molar-refractivity contribution is -0.384. The van der Waals surface area contributed by atoms with Gasteiger partial charge in [0.1, 0.15) is 5.69 Å². The van der Waals surface area contributed by atoms with Crippen LogP contribution in [0.25, 0.3) is 0 Å². The summed E-state index contributed by atoms with van der Waals surface area (Å²) in [6, 6.07) is 4.30. The van der Waals surface area contributed by atoms with Gasteiger partial charge in [0.25, 0.3) is 5.69 Å². The number of anilines is 1. The van der Waals surface area contributed by atoms with E-state index in [-0.39, 0.29) is 16.7 Å². The van der Waals surface area contributed by atoms with Crippen LogP contribution in [0.3, 0.4) is 0 Å². The molecule has 28 heavy (non-hydrogen) atoms. The fourth-order valence-corrected chi connectivity index (χ4v) is 5.45. The Morgan fingerprint density at radius 1 is 1.18 bits per heavy atom. The van der Waals surface area contributed by atoms with E-state index < -0.39 is 14.9 Å². The molecule has 1 aromatic carbocycles. The average molecular weight is 412 g/mol. The summed E-state index contributed by atoms with van der Waals surface area (Å²) in [7, 11) is -3.70. The van der Waals surface area contributed by atoms with Crippen LogP contribution in [0.5, 0.6) is 0 Å². The van der Waals surface area contributed by atoms with Crippen molar-refractivity contribution in [1.82, 2.24) is 4.31 Å². The normalized spacial score (nSPS) is 21.6. The number of piperidine rings is 2. The Bertz CT molecular complexity index is 793. The molecule has 0 saturated carbocycles. The van der Waals surface area contributed by atoms with Crippen molar-refractivity contribution in [3.05, 3.63) is 28.3 Å². The van der Waals surface area contributed by atoms with Gasteiger partial charge in [-0.3, -0.25) is 10.1 Å². The molecular formula is C19H29N3O5S. The minimum atomic E-state index is -3.70. The minimum absolute atomic E-state index is 0.000595. The van der Waals surface area contributed by atoms with Gasteiger partial charge in [-0.2, -0.15) is 4.31 Å². The summed E-state index contributed by atoms with van der Waals surface area (Å²) in [6.45, 7) is 4.95. The zero-order valence-corrected chi connectivity index (χ0v) is 17.2. The Balaban J connectivity index is 1.86. The van der Waals surface area contributed by atoms with E-state index >= 15 is 0 Å². The molecule has 2 heterocycles. The number of benzene rings is 1. The zero-order valence-electron chi connectivity index (χ0n) is 16.4. The first-order valence-corrected chi connectivity index (χ1v) is 11.5. The first-order valence-electron chi connectivity index (χ1n) is 10.1. The molecule has 1 unspecified atom stereocenters. The molecule has 0 radical (unpaired) electrons. The topological polar surface area (TPSA) is 93.0 Å². The number of hydrogen-bond donors (Lipinski definition) is 0. The maximum atomic E-state index is 12.9. The first kappa shape index (κ1) is 21.0. The van der Waals surface area contributed by atoms with Crippen molar-refractivity contribution in [2.75, 3.05) is 37.7 Å². The molecular weight excluding hydrogens is 382 g/mol. The van der Waals surface area contributed by atoms with Crippen LogP contribution in [0.1, 0.15) is 45.4 Å². The van der Waals surface area contributed by atoms with Crippen molar-refractivity contribution in [2.24, 2.45) is 0 Å². The Morgan fingerprint density at radius 3 is 2.61 bits per heavy atom. The van der Waals surface area contributed by atoms with Gasteiger partial charge in [0.05, 0.1) is 15.9 Å². The van der Waals surface area contributed by atoms with Gasteiger partial charge in [-0.25, -0.2) is 8.42 Å². The Hall–Kier alpha value is -1.71. The second-order valence-corrected chi connectivity index (χ2v) is 9.39. The van der Waals surface area contributed by atoms with Gasteiger partial charge in [-0.15, -0.1) is 0 Å². The second-order valence-electron chi connectivity index (χ2n) is 7.45. The summed E-state index contributed by atoms with van der Waals surface area (Å²) in [5, 5.41) is 11.7. The molecule has 156 valence electrons. The number of nitrogens with zero attached hydrogens (tertiary/aromatic N) is 3. The standard InChI is InChI=1S/C19H29N3O5S/c1-2-13-27-16-7-6-10-20(15-16)18-9-8-17(14-19(18)22(23)24)28(25,26)21-11-4-3-5-12-21/h8-9,14,16H,2-7,10-13,15H2,1H3. The molecule has 9 heteroatoms. The van der Waals surface area contributed by atoms with Crippen molar-refractivity contribution < 1.29 is 18.1 Å². The van der Waals surface area contributed by atoms with E-state index in [1.807, 2.05) is 11.8 Å². The van der Waals surface area contributed by atoms with Gasteiger partial charge < -0.3 is 9.64 Å². The summed E-state index contributed by atoms with van der Waals surface area (Å²) in [6.07, 6.45) is 5.47. The molecule has 0 aliphatic carbocycles. The van der Waals surface area contributed by atoms with Crippen LogP contribution in [0.15, 0.2) is 23.1 Å². The van der Waals surface area contributed by atoms with Gasteiger partial charge in [0.15, 0.2) is 0 Å². The van der Waals surface area contributed by atoms with Crippen LogP contribution in [0, 0.1) is 10.1 Å². The van der Waals surface area contributed by atoms with Crippen molar-refractivity contribution in [2.45, 2.75) is 56.4 Å². The molecule has 0 N–H and O–H groups in total. The number of nitro groups is 1. The van der Waals surface area contributed by atoms with Crippen molar-refractivity contribution >= 4 is 21.4 Å². The number of nitro benzene ring substituents is 1. The van der Waals surface area contributed by atoms with E-state index in [4.69, 9.17) is 4.74 Å². The third-order valence-electron chi connectivity index (χ3n) is 5.37. The first-order chi connectivity index (χ1) is 13.4. The molecule has 1 atom stereocenters. The van der Waals surface area contributed by atoms with E-state index in [2.05, 4.69) is 0 Å². The van der Waals surface area contributed by atoms with Crippen LogP contribution < -0.4 is 4.90 Å². The van der Waals surface area contributed by atoms with E-state index in [0.29, 0.717) is 38.5 Å². The Morgan fingerprint density at radius 2 is 1.93 bits per heavy atom. The molecule has 2 aliphatic rings. The maximum absolute atomic E-state index is 12.9. The van der Waals surface area contributed by atoms with E-state index in [9.17, 15) is 18.5 Å². The smallest absolute Gasteiger partial charge is 0.293 e. The molecule has 0 bridgehead atoms. The molecule has 1 aromatic rings. The van der Waals surface area contributed by atoms with Gasteiger partial charge in [0.2, 0.25) is 10.0 Å². The lowest BCUT2D eigenvalue weighted by atomic mass is 10.1. The predicted molar refractivity (Wildman–Crippen MR) is 107 cm³/mol. The Labute approximate surface area is 166 Å². The van der Waals surface area contributed by atoms with Gasteiger partial charge >= 0.3 is 0 Å². The van der Waals surface area contributed by atoms with E-state index in [0.717, 1.165) is 38.5 Å². The molecule has 8 nitrogen and oxygen atoms in total. The molecule has 3 rings (SSSR count). The highest BCUT2D eigenvalue weighted by Crippen LogP contribution is 2.34. The van der Waals surface area contributed by atoms with Crippen LogP contribution in [0.2, 0.25) is 0 Å². The molecule has 0 amide bonds. The second kappa shape index (κ2) is 9.19. The highest BCUT2D eigenvalue weighted by Gasteiger charge is 2.31. The Kier molecular flexibility index (Phi) is 6.90. The average Bonchev–Trinajstić information content (AvgIpc) is 2.72. The molecule has 2 aliphatic heterocycles. The molecule has 2 fully saturated rings. The number of ether oxygens (including phenoxy) is 1. The van der Waals surface area contributed by atoms with Crippen molar-refractivity contribution in [3.63, 3.8) is 0 Å². The van der Waals surface area contributed by atoms with Crippen LogP contribution in [-0.2, 0) is 14.8 Å². The monoisotopic (exact) mass is 411 g/mol. The summed E-state index contributed by atoms with van der Waals surface area (Å²) < 4.78 is 33.0. The summed E-state index contributed by atoms with van der Waals surface area (Å²) in [5.41, 5.74) is 0.307. The molecule has 0 spiro atoms. The van der Waals surface area contributed by atoms with Crippen molar-refractivity contribution in [3.8, 4) is 0 Å². The van der Waals surface area contributed by atoms with E-state index in [1.54, 1.807) is 6.07 Å². The van der Waals surface area contributed by atoms with Gasteiger partial charge in [-0.05, 0) is 44.2 Å². The number of sulfonamides is 1. The maximum Gasteiger partial charge on any atom is 0.293 e. The van der Waals surface area contributed by atoms with Crippen LogP contribution in [-0.4, -0.2) is 56.5 Å². The van der Waals surface area contributed by atoms with Crippen LogP contribution >= 0.6 is 0 Å². The summed E-state index contributed by atoms with van der Waals surface area (Å²) >= 11 is 0. The summed E-state index contributed by atoms with van der Waals surface area (Å²) in [5.74, 6) is 0. The molecule has 2 saturated heterocycles. The highest BCUT2D eigenvalue weighted by molar-refractivity contribution is 7.89. The quantitative estimate of drug-likeness (QED) is 0.505. The number of hydrogen-bond acceptors (Lipinski definition) is 6. The van der Waals surface area contributed by atoms with Gasteiger partial charge in [-0.1, -0.05) is 13.3 Å². The minimum Gasteiger partial charge on any atom is -0.376 e. The predicted octanol–water partition coefficient (Wildman–Crippen LogP) is 3.16. The fourth-order valence-electron chi connectivity index (χ4n) is 3.91. The zero-order chi connectivity index (χ0) is 20.1. The van der Waals surface area contributed by atoms with Gasteiger partial charge in [0, 0.05) is 38.9 Å².